The summed E-state index contributed by atoms with van der Waals surface area (Å²) in [4.78, 5) is 23.7. The van der Waals surface area contributed by atoms with Crippen LogP contribution in [0.2, 0.25) is 0 Å². The average molecular weight is 405 g/mol. The number of carbonyl (C=O) groups excluding carboxylic acids is 1. The lowest BCUT2D eigenvalue weighted by atomic mass is 9.95. The fourth-order valence-corrected chi connectivity index (χ4v) is 4.14. The van der Waals surface area contributed by atoms with Gasteiger partial charge in [-0.3, -0.25) is 4.79 Å². The minimum absolute atomic E-state index is 0.0293. The Bertz CT molecular complexity index is 998. The first-order valence-electron chi connectivity index (χ1n) is 9.91. The first kappa shape index (κ1) is 19.8. The molecule has 6 nitrogen and oxygen atoms in total. The van der Waals surface area contributed by atoms with Gasteiger partial charge >= 0.3 is 12.1 Å². The quantitative estimate of drug-likeness (QED) is 0.591. The van der Waals surface area contributed by atoms with Crippen LogP contribution in [0.1, 0.15) is 42.1 Å². The largest absolute Gasteiger partial charge is 0.481 e. The third-order valence-electron chi connectivity index (χ3n) is 5.60. The van der Waals surface area contributed by atoms with Crippen molar-refractivity contribution in [1.82, 2.24) is 5.32 Å². The van der Waals surface area contributed by atoms with Gasteiger partial charge in [0.1, 0.15) is 12.4 Å². The molecular weight excluding hydrogens is 382 g/mol. The maximum Gasteiger partial charge on any atom is 0.407 e. The topological polar surface area (TPSA) is 88.8 Å². The highest BCUT2D eigenvalue weighted by Crippen LogP contribution is 2.44. The Morgan fingerprint density at radius 1 is 1.03 bits per heavy atom. The molecule has 1 heterocycles. The Hall–Kier alpha value is -3.54. The smallest absolute Gasteiger partial charge is 0.407 e. The number of carboxylic acids is 1. The van der Waals surface area contributed by atoms with Crippen LogP contribution >= 0.6 is 0 Å². The molecule has 1 amide bonds. The number of carbonyl (C=O) groups is 2. The average Bonchev–Trinajstić information content (AvgIpc) is 3.37. The summed E-state index contributed by atoms with van der Waals surface area (Å²) in [6, 6.07) is 19.2. The van der Waals surface area contributed by atoms with Gasteiger partial charge < -0.3 is 19.6 Å². The van der Waals surface area contributed by atoms with Crippen LogP contribution in [0.3, 0.4) is 0 Å². The van der Waals surface area contributed by atoms with Crippen molar-refractivity contribution in [2.75, 3.05) is 6.61 Å². The molecule has 3 aromatic rings. The molecule has 154 valence electrons. The SMILES string of the molecule is C[C@@H](NC(=O)OCC1c2ccccc2-c2ccccc21)[C@H](CC(=O)O)c1ccco1. The zero-order valence-corrected chi connectivity index (χ0v) is 16.6. The number of carboxylic acid groups (broad SMARTS) is 1. The molecule has 0 bridgehead atoms. The van der Waals surface area contributed by atoms with Crippen molar-refractivity contribution in [3.63, 3.8) is 0 Å². The summed E-state index contributed by atoms with van der Waals surface area (Å²) in [5, 5.41) is 12.0. The van der Waals surface area contributed by atoms with E-state index in [1.165, 1.54) is 6.26 Å². The highest BCUT2D eigenvalue weighted by atomic mass is 16.5. The van der Waals surface area contributed by atoms with Crippen LogP contribution in [0.5, 0.6) is 0 Å². The van der Waals surface area contributed by atoms with Crippen molar-refractivity contribution in [2.24, 2.45) is 0 Å². The number of alkyl carbamates (subject to hydrolysis) is 1. The number of hydrogen-bond donors (Lipinski definition) is 2. The molecule has 0 spiro atoms. The van der Waals surface area contributed by atoms with Gasteiger partial charge in [0, 0.05) is 17.9 Å². The number of benzene rings is 2. The Labute approximate surface area is 174 Å². The molecule has 4 rings (SSSR count). The van der Waals surface area contributed by atoms with E-state index in [9.17, 15) is 14.7 Å². The van der Waals surface area contributed by atoms with Gasteiger partial charge in [-0.25, -0.2) is 4.79 Å². The third-order valence-corrected chi connectivity index (χ3v) is 5.60. The number of rotatable bonds is 7. The van der Waals surface area contributed by atoms with Crippen molar-refractivity contribution in [3.05, 3.63) is 83.8 Å². The molecule has 0 radical (unpaired) electrons. The highest BCUT2D eigenvalue weighted by Gasteiger charge is 2.30. The van der Waals surface area contributed by atoms with Gasteiger partial charge in [0.05, 0.1) is 12.7 Å². The van der Waals surface area contributed by atoms with Crippen molar-refractivity contribution < 1.29 is 23.8 Å². The molecule has 0 unspecified atom stereocenters. The van der Waals surface area contributed by atoms with E-state index >= 15 is 0 Å². The monoisotopic (exact) mass is 405 g/mol. The minimum atomic E-state index is -0.961. The third kappa shape index (κ3) is 3.94. The highest BCUT2D eigenvalue weighted by molar-refractivity contribution is 5.79. The fraction of sp³-hybridized carbons (Fsp3) is 0.250. The molecular formula is C24H23NO5. The van der Waals surface area contributed by atoms with Crippen LogP contribution < -0.4 is 5.32 Å². The summed E-state index contributed by atoms with van der Waals surface area (Å²) in [6.45, 7) is 1.95. The van der Waals surface area contributed by atoms with E-state index in [0.29, 0.717) is 5.76 Å². The van der Waals surface area contributed by atoms with E-state index in [2.05, 4.69) is 29.6 Å². The normalized spacial score (nSPS) is 14.4. The van der Waals surface area contributed by atoms with Crippen LogP contribution in [-0.4, -0.2) is 29.8 Å². The Balaban J connectivity index is 1.43. The van der Waals surface area contributed by atoms with Gasteiger partial charge in [-0.15, -0.1) is 0 Å². The van der Waals surface area contributed by atoms with Crippen molar-refractivity contribution in [1.29, 1.82) is 0 Å². The zero-order valence-electron chi connectivity index (χ0n) is 16.6. The van der Waals surface area contributed by atoms with E-state index < -0.39 is 24.0 Å². The second-order valence-corrected chi connectivity index (χ2v) is 7.48. The summed E-state index contributed by atoms with van der Waals surface area (Å²) in [6.07, 6.45) is 0.758. The predicted molar refractivity (Wildman–Crippen MR) is 111 cm³/mol. The van der Waals surface area contributed by atoms with Crippen molar-refractivity contribution in [3.8, 4) is 11.1 Å². The van der Waals surface area contributed by atoms with Crippen LogP contribution in [-0.2, 0) is 9.53 Å². The lowest BCUT2D eigenvalue weighted by molar-refractivity contribution is -0.137. The van der Waals surface area contributed by atoms with Gasteiger partial charge in [-0.05, 0) is 41.3 Å². The second-order valence-electron chi connectivity index (χ2n) is 7.48. The number of nitrogens with one attached hydrogen (secondary N) is 1. The van der Waals surface area contributed by atoms with Gasteiger partial charge in [-0.2, -0.15) is 0 Å². The summed E-state index contributed by atoms with van der Waals surface area (Å²) in [5.41, 5.74) is 4.60. The number of furan rings is 1. The van der Waals surface area contributed by atoms with Gasteiger partial charge in [-0.1, -0.05) is 48.5 Å². The van der Waals surface area contributed by atoms with E-state index in [1.807, 2.05) is 24.3 Å². The van der Waals surface area contributed by atoms with Gasteiger partial charge in [0.15, 0.2) is 0 Å². The Morgan fingerprint density at radius 2 is 1.67 bits per heavy atom. The predicted octanol–water partition coefficient (Wildman–Crippen LogP) is 4.77. The van der Waals surface area contributed by atoms with Crippen LogP contribution in [0.4, 0.5) is 4.79 Å². The number of hydrogen-bond acceptors (Lipinski definition) is 4. The van der Waals surface area contributed by atoms with Crippen LogP contribution in [0.15, 0.2) is 71.3 Å². The number of fused-ring (bicyclic) bond motifs is 3. The second kappa shape index (κ2) is 8.45. The first-order chi connectivity index (χ1) is 14.5. The molecule has 0 fully saturated rings. The van der Waals surface area contributed by atoms with E-state index in [-0.39, 0.29) is 18.9 Å². The van der Waals surface area contributed by atoms with Gasteiger partial charge in [0.25, 0.3) is 0 Å². The van der Waals surface area contributed by atoms with Crippen molar-refractivity contribution in [2.45, 2.75) is 31.2 Å². The lowest BCUT2D eigenvalue weighted by Crippen LogP contribution is -2.38. The molecule has 0 aliphatic heterocycles. The fourth-order valence-electron chi connectivity index (χ4n) is 4.14. The zero-order chi connectivity index (χ0) is 21.1. The lowest BCUT2D eigenvalue weighted by Gasteiger charge is -2.22. The van der Waals surface area contributed by atoms with Crippen LogP contribution in [0.25, 0.3) is 11.1 Å². The summed E-state index contributed by atoms with van der Waals surface area (Å²) < 4.78 is 10.9. The molecule has 2 atom stereocenters. The summed E-state index contributed by atoms with van der Waals surface area (Å²) >= 11 is 0. The molecule has 0 saturated heterocycles. The van der Waals surface area contributed by atoms with E-state index in [0.717, 1.165) is 22.3 Å². The molecule has 30 heavy (non-hydrogen) atoms. The standard InChI is InChI=1S/C24H23NO5/c1-15(20(13-23(26)27)22-11-6-12-29-22)25-24(28)30-14-21-18-9-4-2-7-16(18)17-8-3-5-10-19(17)21/h2-12,15,20-21H,13-14H2,1H3,(H,25,28)(H,26,27)/t15-,20+/m1/s1. The maximum absolute atomic E-state index is 12.5. The molecule has 0 saturated carbocycles. The number of ether oxygens (including phenoxy) is 1. The molecule has 6 heteroatoms. The Kier molecular flexibility index (Phi) is 5.57. The molecule has 2 N–H and O–H groups in total. The number of aliphatic carboxylic acids is 1. The molecule has 1 aliphatic rings. The molecule has 1 aromatic heterocycles. The molecule has 2 aromatic carbocycles. The van der Waals surface area contributed by atoms with Crippen molar-refractivity contribution >= 4 is 12.1 Å². The first-order valence-corrected chi connectivity index (χ1v) is 9.91. The van der Waals surface area contributed by atoms with Crippen LogP contribution in [0, 0.1) is 0 Å². The minimum Gasteiger partial charge on any atom is -0.481 e. The summed E-state index contributed by atoms with van der Waals surface area (Å²) in [7, 11) is 0. The van der Waals surface area contributed by atoms with Gasteiger partial charge in [0.2, 0.25) is 0 Å². The Morgan fingerprint density at radius 3 is 2.23 bits per heavy atom. The van der Waals surface area contributed by atoms with E-state index in [1.54, 1.807) is 19.1 Å². The summed E-state index contributed by atoms with van der Waals surface area (Å²) in [5.74, 6) is -0.960. The molecule has 1 aliphatic carbocycles. The number of amides is 1. The maximum atomic E-state index is 12.5. The van der Waals surface area contributed by atoms with E-state index in [4.69, 9.17) is 9.15 Å².